The van der Waals surface area contributed by atoms with Gasteiger partial charge in [-0.25, -0.2) is 13.8 Å². The molecule has 27 heavy (non-hydrogen) atoms. The van der Waals surface area contributed by atoms with Crippen LogP contribution >= 0.6 is 23.2 Å². The second kappa shape index (κ2) is 7.61. The number of nitrogens with zero attached hydrogens (tertiary/aromatic N) is 2. The van der Waals surface area contributed by atoms with Gasteiger partial charge in [0.2, 0.25) is 0 Å². The van der Waals surface area contributed by atoms with Crippen LogP contribution in [0.2, 0.25) is 10.0 Å². The normalized spacial score (nSPS) is 15.3. The summed E-state index contributed by atoms with van der Waals surface area (Å²) in [4.78, 5) is 4.63. The third-order valence-corrected chi connectivity index (χ3v) is 5.73. The van der Waals surface area contributed by atoms with Gasteiger partial charge in [-0.15, -0.1) is 0 Å². The molecule has 0 radical (unpaired) electrons. The molecular formula is C21H18Cl2F2N2. The summed E-state index contributed by atoms with van der Waals surface area (Å²) in [6, 6.07) is 9.39. The number of aromatic nitrogens is 2. The zero-order valence-corrected chi connectivity index (χ0v) is 16.1. The molecule has 2 aromatic carbocycles. The van der Waals surface area contributed by atoms with Crippen molar-refractivity contribution in [3.05, 3.63) is 70.1 Å². The van der Waals surface area contributed by atoms with Crippen LogP contribution < -0.4 is 0 Å². The Morgan fingerprint density at radius 1 is 0.963 bits per heavy atom. The maximum absolute atomic E-state index is 14.9. The smallest absolute Gasteiger partial charge is 0.165 e. The lowest BCUT2D eigenvalue weighted by Gasteiger charge is -2.23. The van der Waals surface area contributed by atoms with E-state index < -0.39 is 11.6 Å². The summed E-state index contributed by atoms with van der Waals surface area (Å²) >= 11 is 12.0. The van der Waals surface area contributed by atoms with Crippen LogP contribution in [-0.2, 0) is 0 Å². The highest BCUT2D eigenvalue weighted by molar-refractivity contribution is 6.31. The standard InChI is InChI=1S/C21H18Cl2F2N2/c22-15-7-4-8-18(20(15)25)27-19(14-9-10-17(24)16(23)11-14)12-26-21(27)13-5-2-1-3-6-13/h4,7-13H,1-3,5-6H2. The van der Waals surface area contributed by atoms with Crippen molar-refractivity contribution >= 4 is 23.2 Å². The minimum atomic E-state index is -0.497. The van der Waals surface area contributed by atoms with Crippen LogP contribution in [-0.4, -0.2) is 9.55 Å². The highest BCUT2D eigenvalue weighted by Gasteiger charge is 2.25. The summed E-state index contributed by atoms with van der Waals surface area (Å²) < 4.78 is 30.3. The fourth-order valence-corrected chi connectivity index (χ4v) is 4.14. The van der Waals surface area contributed by atoms with Gasteiger partial charge in [0.25, 0.3) is 0 Å². The van der Waals surface area contributed by atoms with E-state index in [0.29, 0.717) is 16.9 Å². The van der Waals surface area contributed by atoms with Crippen molar-refractivity contribution in [2.24, 2.45) is 0 Å². The van der Waals surface area contributed by atoms with Crippen molar-refractivity contribution < 1.29 is 8.78 Å². The number of hydrogen-bond donors (Lipinski definition) is 0. The van der Waals surface area contributed by atoms with E-state index in [1.807, 2.05) is 0 Å². The Balaban J connectivity index is 1.92. The average Bonchev–Trinajstić information content (AvgIpc) is 3.12. The fourth-order valence-electron chi connectivity index (χ4n) is 3.79. The molecule has 1 aliphatic rings. The first kappa shape index (κ1) is 18.5. The highest BCUT2D eigenvalue weighted by atomic mass is 35.5. The minimum absolute atomic E-state index is 0.0195. The van der Waals surface area contributed by atoms with Crippen molar-refractivity contribution in [2.75, 3.05) is 0 Å². The zero-order chi connectivity index (χ0) is 19.0. The van der Waals surface area contributed by atoms with Crippen LogP contribution in [0.1, 0.15) is 43.8 Å². The summed E-state index contributed by atoms with van der Waals surface area (Å²) in [5, 5.41) is 0.0740. The van der Waals surface area contributed by atoms with Gasteiger partial charge < -0.3 is 0 Å². The van der Waals surface area contributed by atoms with Gasteiger partial charge in [0.05, 0.1) is 27.6 Å². The van der Waals surface area contributed by atoms with Crippen LogP contribution in [0.5, 0.6) is 0 Å². The predicted molar refractivity (Wildman–Crippen MR) is 105 cm³/mol. The lowest BCUT2D eigenvalue weighted by atomic mass is 9.88. The molecule has 2 nitrogen and oxygen atoms in total. The summed E-state index contributed by atoms with van der Waals surface area (Å²) in [7, 11) is 0. The van der Waals surface area contributed by atoms with E-state index in [2.05, 4.69) is 4.98 Å². The molecule has 0 unspecified atom stereocenters. The Morgan fingerprint density at radius 3 is 2.48 bits per heavy atom. The van der Waals surface area contributed by atoms with Crippen molar-refractivity contribution in [1.29, 1.82) is 0 Å². The quantitative estimate of drug-likeness (QED) is 0.450. The van der Waals surface area contributed by atoms with E-state index in [9.17, 15) is 8.78 Å². The monoisotopic (exact) mass is 406 g/mol. The topological polar surface area (TPSA) is 17.8 Å². The van der Waals surface area contributed by atoms with Crippen LogP contribution in [0.15, 0.2) is 42.6 Å². The van der Waals surface area contributed by atoms with E-state index >= 15 is 0 Å². The molecule has 3 aromatic rings. The lowest BCUT2D eigenvalue weighted by molar-refractivity contribution is 0.425. The number of imidazole rings is 1. The number of rotatable bonds is 3. The van der Waals surface area contributed by atoms with E-state index in [0.717, 1.165) is 31.5 Å². The molecule has 140 valence electrons. The number of halogens is 4. The first-order valence-corrected chi connectivity index (χ1v) is 9.79. The molecule has 1 fully saturated rings. The molecular weight excluding hydrogens is 389 g/mol. The molecule has 1 heterocycles. The molecule has 0 amide bonds. The fraction of sp³-hybridized carbons (Fsp3) is 0.286. The molecule has 6 heteroatoms. The molecule has 0 aliphatic heterocycles. The second-order valence-corrected chi connectivity index (χ2v) is 7.69. The van der Waals surface area contributed by atoms with Gasteiger partial charge in [-0.1, -0.05) is 48.5 Å². The molecule has 4 rings (SSSR count). The van der Waals surface area contributed by atoms with Gasteiger partial charge >= 0.3 is 0 Å². The Bertz CT molecular complexity index is 978. The number of benzene rings is 2. The molecule has 1 aromatic heterocycles. The molecule has 1 aliphatic carbocycles. The second-order valence-electron chi connectivity index (χ2n) is 6.87. The third kappa shape index (κ3) is 3.48. The van der Waals surface area contributed by atoms with Crippen LogP contribution in [0, 0.1) is 11.6 Å². The van der Waals surface area contributed by atoms with Crippen molar-refractivity contribution in [3.63, 3.8) is 0 Å². The summed E-state index contributed by atoms with van der Waals surface area (Å²) in [5.74, 6) is 0.0738. The average molecular weight is 407 g/mol. The summed E-state index contributed by atoms with van der Waals surface area (Å²) in [6.07, 6.45) is 7.21. The van der Waals surface area contributed by atoms with Gasteiger partial charge in [-0.05, 0) is 43.2 Å². The molecule has 0 N–H and O–H groups in total. The van der Waals surface area contributed by atoms with Crippen molar-refractivity contribution in [3.8, 4) is 16.9 Å². The minimum Gasteiger partial charge on any atom is -0.293 e. The van der Waals surface area contributed by atoms with E-state index in [1.165, 1.54) is 24.6 Å². The van der Waals surface area contributed by atoms with Gasteiger partial charge in [-0.2, -0.15) is 0 Å². The van der Waals surface area contributed by atoms with Crippen LogP contribution in [0.4, 0.5) is 8.78 Å². The van der Waals surface area contributed by atoms with E-state index in [-0.39, 0.29) is 16.0 Å². The maximum atomic E-state index is 14.9. The molecule has 1 saturated carbocycles. The van der Waals surface area contributed by atoms with E-state index in [1.54, 1.807) is 29.0 Å². The van der Waals surface area contributed by atoms with Gasteiger partial charge in [0, 0.05) is 11.5 Å². The van der Waals surface area contributed by atoms with Gasteiger partial charge in [0.15, 0.2) is 5.82 Å². The van der Waals surface area contributed by atoms with Crippen LogP contribution in [0.25, 0.3) is 16.9 Å². The first-order chi connectivity index (χ1) is 13.1. The summed E-state index contributed by atoms with van der Waals surface area (Å²) in [5.41, 5.74) is 1.69. The van der Waals surface area contributed by atoms with E-state index in [4.69, 9.17) is 23.2 Å². The van der Waals surface area contributed by atoms with Crippen LogP contribution in [0.3, 0.4) is 0 Å². The van der Waals surface area contributed by atoms with Crippen molar-refractivity contribution in [2.45, 2.75) is 38.0 Å². The lowest BCUT2D eigenvalue weighted by Crippen LogP contribution is -2.13. The predicted octanol–water partition coefficient (Wildman–Crippen LogP) is 7.17. The SMILES string of the molecule is Fc1ccc(-c2cnc(C3CCCCC3)n2-c2cccc(Cl)c2F)cc1Cl. The first-order valence-electron chi connectivity index (χ1n) is 9.03. The Labute approximate surface area is 166 Å². The maximum Gasteiger partial charge on any atom is 0.165 e. The zero-order valence-electron chi connectivity index (χ0n) is 14.6. The molecule has 0 saturated heterocycles. The third-order valence-electron chi connectivity index (χ3n) is 5.15. The largest absolute Gasteiger partial charge is 0.293 e. The molecule has 0 spiro atoms. The summed E-state index contributed by atoms with van der Waals surface area (Å²) in [6.45, 7) is 0. The Hall–Kier alpha value is -1.91. The Kier molecular flexibility index (Phi) is 5.20. The van der Waals surface area contributed by atoms with Gasteiger partial charge in [0.1, 0.15) is 11.6 Å². The molecule has 0 bridgehead atoms. The van der Waals surface area contributed by atoms with Gasteiger partial charge in [-0.3, -0.25) is 4.57 Å². The number of hydrogen-bond acceptors (Lipinski definition) is 1. The Morgan fingerprint density at radius 2 is 1.74 bits per heavy atom. The molecule has 0 atom stereocenters. The van der Waals surface area contributed by atoms with Crippen molar-refractivity contribution in [1.82, 2.24) is 9.55 Å². The highest BCUT2D eigenvalue weighted by Crippen LogP contribution is 2.37.